The Labute approximate surface area is 211 Å². The highest BCUT2D eigenvalue weighted by Crippen LogP contribution is 2.35. The molecule has 1 saturated heterocycles. The first-order valence-electron chi connectivity index (χ1n) is 12.3. The van der Waals surface area contributed by atoms with E-state index in [1.807, 2.05) is 67.6 Å². The molecule has 0 unspecified atom stereocenters. The standard InChI is InChI=1S/C29H31N5O2/c1-20-10-12-24-25(18-20)34(21(2)35)29(36)27(24)28(22-8-5-4-6-9-22)31-23-11-13-26(30-19-23)33-15-7-14-32(3)16-17-33/h4-6,8-13,18-19,36H,7,14-17H2,1-3H3. The number of carbonyl (C=O) groups excluding carboxylic acids is 1. The summed E-state index contributed by atoms with van der Waals surface area (Å²) in [5.74, 6) is 0.580. The van der Waals surface area contributed by atoms with Gasteiger partial charge in [0.15, 0.2) is 0 Å². The molecule has 1 fully saturated rings. The number of pyridine rings is 1. The minimum atomic E-state index is -0.254. The lowest BCUT2D eigenvalue weighted by Gasteiger charge is -2.21. The molecule has 4 aromatic rings. The van der Waals surface area contributed by atoms with Crippen molar-refractivity contribution in [2.45, 2.75) is 20.3 Å². The maximum atomic E-state index is 12.5. The minimum absolute atomic E-state index is 0.107. The molecule has 2 aromatic heterocycles. The first-order valence-corrected chi connectivity index (χ1v) is 12.3. The molecular weight excluding hydrogens is 450 g/mol. The van der Waals surface area contributed by atoms with E-state index in [-0.39, 0.29) is 11.8 Å². The maximum Gasteiger partial charge on any atom is 0.230 e. The van der Waals surface area contributed by atoms with Crippen molar-refractivity contribution < 1.29 is 9.90 Å². The molecule has 0 atom stereocenters. The molecule has 0 aliphatic carbocycles. The summed E-state index contributed by atoms with van der Waals surface area (Å²) in [6.07, 6.45) is 2.88. The first-order chi connectivity index (χ1) is 17.4. The average Bonchev–Trinajstić information content (AvgIpc) is 2.99. The summed E-state index contributed by atoms with van der Waals surface area (Å²) in [7, 11) is 2.15. The Morgan fingerprint density at radius 2 is 1.81 bits per heavy atom. The number of aromatic hydroxyl groups is 1. The van der Waals surface area contributed by atoms with E-state index in [0.717, 1.165) is 54.9 Å². The van der Waals surface area contributed by atoms with Gasteiger partial charge < -0.3 is 14.9 Å². The summed E-state index contributed by atoms with van der Waals surface area (Å²) in [6.45, 7) is 7.45. The van der Waals surface area contributed by atoms with Crippen molar-refractivity contribution >= 4 is 34.0 Å². The smallest absolute Gasteiger partial charge is 0.230 e. The van der Waals surface area contributed by atoms with Crippen LogP contribution in [0.1, 0.15) is 34.8 Å². The van der Waals surface area contributed by atoms with Crippen LogP contribution in [0.5, 0.6) is 5.88 Å². The highest BCUT2D eigenvalue weighted by Gasteiger charge is 2.24. The van der Waals surface area contributed by atoms with Gasteiger partial charge in [-0.15, -0.1) is 0 Å². The van der Waals surface area contributed by atoms with Gasteiger partial charge in [-0.25, -0.2) is 9.98 Å². The van der Waals surface area contributed by atoms with Crippen LogP contribution in [-0.2, 0) is 0 Å². The third-order valence-corrected chi connectivity index (χ3v) is 6.71. The molecule has 0 bridgehead atoms. The van der Waals surface area contributed by atoms with E-state index in [1.165, 1.54) is 11.5 Å². The molecule has 0 spiro atoms. The predicted molar refractivity (Wildman–Crippen MR) is 145 cm³/mol. The number of rotatable bonds is 4. The van der Waals surface area contributed by atoms with Gasteiger partial charge in [-0.2, -0.15) is 0 Å². The second-order valence-electron chi connectivity index (χ2n) is 9.42. The zero-order chi connectivity index (χ0) is 25.2. The van der Waals surface area contributed by atoms with Gasteiger partial charge in [-0.3, -0.25) is 9.36 Å². The largest absolute Gasteiger partial charge is 0.494 e. The molecule has 1 aliphatic rings. The number of likely N-dealkylation sites (N-methyl/N-ethyl adjacent to an activating group) is 1. The van der Waals surface area contributed by atoms with Crippen molar-refractivity contribution in [1.82, 2.24) is 14.5 Å². The Balaban J connectivity index is 1.62. The molecule has 7 nitrogen and oxygen atoms in total. The number of hydrogen-bond donors (Lipinski definition) is 1. The second kappa shape index (κ2) is 9.95. The number of benzene rings is 2. The third-order valence-electron chi connectivity index (χ3n) is 6.71. The lowest BCUT2D eigenvalue weighted by molar-refractivity contribution is 0.0933. The van der Waals surface area contributed by atoms with Crippen molar-refractivity contribution in [2.24, 2.45) is 4.99 Å². The summed E-state index contributed by atoms with van der Waals surface area (Å²) < 4.78 is 1.35. The monoisotopic (exact) mass is 481 g/mol. The molecule has 36 heavy (non-hydrogen) atoms. The summed E-state index contributed by atoms with van der Waals surface area (Å²) in [5.41, 5.74) is 4.32. The fraction of sp³-hybridized carbons (Fsp3) is 0.276. The predicted octanol–water partition coefficient (Wildman–Crippen LogP) is 5.02. The van der Waals surface area contributed by atoms with Crippen LogP contribution in [0, 0.1) is 6.92 Å². The molecule has 0 radical (unpaired) electrons. The van der Waals surface area contributed by atoms with Crippen molar-refractivity contribution in [3.63, 3.8) is 0 Å². The highest BCUT2D eigenvalue weighted by atomic mass is 16.3. The van der Waals surface area contributed by atoms with Crippen molar-refractivity contribution in [3.05, 3.63) is 83.6 Å². The molecule has 0 saturated carbocycles. The number of aliphatic imine (C=N–C) groups is 1. The zero-order valence-electron chi connectivity index (χ0n) is 21.0. The van der Waals surface area contributed by atoms with Crippen molar-refractivity contribution in [3.8, 4) is 5.88 Å². The number of nitrogens with zero attached hydrogens (tertiary/aromatic N) is 5. The fourth-order valence-corrected chi connectivity index (χ4v) is 4.83. The van der Waals surface area contributed by atoms with Gasteiger partial charge in [0.2, 0.25) is 11.8 Å². The van der Waals surface area contributed by atoms with E-state index in [1.54, 1.807) is 6.20 Å². The van der Waals surface area contributed by atoms with Gasteiger partial charge in [-0.1, -0.05) is 42.5 Å². The van der Waals surface area contributed by atoms with Crippen LogP contribution in [0.25, 0.3) is 10.9 Å². The number of aromatic nitrogens is 2. The van der Waals surface area contributed by atoms with Gasteiger partial charge >= 0.3 is 0 Å². The Morgan fingerprint density at radius 3 is 2.53 bits per heavy atom. The van der Waals surface area contributed by atoms with E-state index in [2.05, 4.69) is 16.8 Å². The van der Waals surface area contributed by atoms with E-state index in [0.29, 0.717) is 22.5 Å². The van der Waals surface area contributed by atoms with Gasteiger partial charge in [-0.05, 0) is 50.7 Å². The summed E-state index contributed by atoms with van der Waals surface area (Å²) in [4.78, 5) is 26.8. The molecule has 0 amide bonds. The summed E-state index contributed by atoms with van der Waals surface area (Å²) >= 11 is 0. The normalized spacial score (nSPS) is 15.3. The minimum Gasteiger partial charge on any atom is -0.494 e. The number of hydrogen-bond acceptors (Lipinski definition) is 6. The van der Waals surface area contributed by atoms with E-state index in [4.69, 9.17) is 9.98 Å². The Bertz CT molecular complexity index is 1420. The average molecular weight is 482 g/mol. The second-order valence-corrected chi connectivity index (χ2v) is 9.42. The van der Waals surface area contributed by atoms with Crippen LogP contribution < -0.4 is 4.90 Å². The molecule has 1 N–H and O–H groups in total. The van der Waals surface area contributed by atoms with E-state index in [9.17, 15) is 9.90 Å². The number of aryl methyl sites for hydroxylation is 1. The molecular formula is C29H31N5O2. The van der Waals surface area contributed by atoms with Crippen molar-refractivity contribution in [2.75, 3.05) is 38.1 Å². The first kappa shape index (κ1) is 23.8. The van der Waals surface area contributed by atoms with Crippen LogP contribution in [0.3, 0.4) is 0 Å². The number of carbonyl (C=O) groups is 1. The fourth-order valence-electron chi connectivity index (χ4n) is 4.83. The van der Waals surface area contributed by atoms with Crippen LogP contribution in [0.15, 0.2) is 71.9 Å². The zero-order valence-corrected chi connectivity index (χ0v) is 21.0. The van der Waals surface area contributed by atoms with Crippen LogP contribution >= 0.6 is 0 Å². The lowest BCUT2D eigenvalue weighted by Crippen LogP contribution is -2.29. The van der Waals surface area contributed by atoms with Gasteiger partial charge in [0.25, 0.3) is 0 Å². The van der Waals surface area contributed by atoms with Gasteiger partial charge in [0.05, 0.1) is 28.7 Å². The van der Waals surface area contributed by atoms with Crippen LogP contribution in [-0.4, -0.2) is 64.4 Å². The summed E-state index contributed by atoms with van der Waals surface area (Å²) in [5, 5.41) is 12.1. The molecule has 1 aliphatic heterocycles. The van der Waals surface area contributed by atoms with E-state index >= 15 is 0 Å². The van der Waals surface area contributed by atoms with E-state index < -0.39 is 0 Å². The molecule has 7 heteroatoms. The van der Waals surface area contributed by atoms with Gasteiger partial charge in [0.1, 0.15) is 5.82 Å². The highest BCUT2D eigenvalue weighted by molar-refractivity contribution is 6.23. The van der Waals surface area contributed by atoms with Crippen LogP contribution in [0.2, 0.25) is 0 Å². The number of fused-ring (bicyclic) bond motifs is 1. The molecule has 3 heterocycles. The Kier molecular flexibility index (Phi) is 6.57. The summed E-state index contributed by atoms with van der Waals surface area (Å²) in [6, 6.07) is 19.5. The third kappa shape index (κ3) is 4.62. The maximum absolute atomic E-state index is 12.5. The lowest BCUT2D eigenvalue weighted by atomic mass is 10.0. The Hall–Kier alpha value is -3.97. The Morgan fingerprint density at radius 1 is 1.00 bits per heavy atom. The quantitative estimate of drug-likeness (QED) is 0.414. The SMILES string of the molecule is CC(=O)n1c(O)c(C(=Nc2ccc(N3CCCN(C)CC3)nc2)c2ccccc2)c2ccc(C)cc21. The molecule has 5 rings (SSSR count). The molecule has 184 valence electrons. The van der Waals surface area contributed by atoms with Crippen molar-refractivity contribution in [1.29, 1.82) is 0 Å². The molecule has 2 aromatic carbocycles. The van der Waals surface area contributed by atoms with Gasteiger partial charge in [0, 0.05) is 37.5 Å². The number of anilines is 1. The van der Waals surface area contributed by atoms with Crippen LogP contribution in [0.4, 0.5) is 11.5 Å². The topological polar surface area (TPSA) is 74.0 Å².